The Morgan fingerprint density at radius 1 is 1.24 bits per heavy atom. The molecule has 0 radical (unpaired) electrons. The first-order valence-corrected chi connectivity index (χ1v) is 8.38. The molecule has 2 heterocycles. The molecule has 0 aliphatic carbocycles. The van der Waals surface area contributed by atoms with Gasteiger partial charge >= 0.3 is 0 Å². The third kappa shape index (κ3) is 4.19. The zero-order valence-electron chi connectivity index (χ0n) is 14.1. The quantitative estimate of drug-likeness (QED) is 0.687. The SMILES string of the molecule is Cc1cccc(-c2n[nH]c(=S)n2CCC(=O)Nc2cc(C)ccn2)c1. The van der Waals surface area contributed by atoms with Gasteiger partial charge in [0, 0.05) is 24.7 Å². The Balaban J connectivity index is 1.72. The molecule has 0 fully saturated rings. The van der Waals surface area contributed by atoms with Crippen LogP contribution in [0.15, 0.2) is 42.6 Å². The summed E-state index contributed by atoms with van der Waals surface area (Å²) in [5, 5.41) is 9.92. The van der Waals surface area contributed by atoms with Crippen molar-refractivity contribution < 1.29 is 4.79 Å². The van der Waals surface area contributed by atoms with Crippen molar-refractivity contribution in [1.29, 1.82) is 0 Å². The molecule has 0 unspecified atom stereocenters. The normalized spacial score (nSPS) is 10.6. The fourth-order valence-corrected chi connectivity index (χ4v) is 2.78. The first-order chi connectivity index (χ1) is 12.0. The maximum absolute atomic E-state index is 12.2. The van der Waals surface area contributed by atoms with Crippen molar-refractivity contribution in [3.63, 3.8) is 0 Å². The number of rotatable bonds is 5. The third-order valence-corrected chi connectivity index (χ3v) is 4.09. The number of nitrogens with zero attached hydrogens (tertiary/aromatic N) is 3. The Hall–Kier alpha value is -2.80. The molecule has 0 saturated heterocycles. The molecular formula is C18H19N5OS. The van der Waals surface area contributed by atoms with Crippen LogP contribution in [0.1, 0.15) is 17.5 Å². The van der Waals surface area contributed by atoms with E-state index >= 15 is 0 Å². The Labute approximate surface area is 150 Å². The Morgan fingerprint density at radius 2 is 2.04 bits per heavy atom. The molecular weight excluding hydrogens is 334 g/mol. The maximum Gasteiger partial charge on any atom is 0.227 e. The topological polar surface area (TPSA) is 75.6 Å². The van der Waals surface area contributed by atoms with E-state index in [9.17, 15) is 4.79 Å². The number of aryl methyl sites for hydroxylation is 2. The van der Waals surface area contributed by atoms with Crippen molar-refractivity contribution in [2.45, 2.75) is 26.8 Å². The van der Waals surface area contributed by atoms with Crippen molar-refractivity contribution in [3.8, 4) is 11.4 Å². The number of benzene rings is 1. The fourth-order valence-electron chi connectivity index (χ4n) is 2.55. The monoisotopic (exact) mass is 353 g/mol. The van der Waals surface area contributed by atoms with Gasteiger partial charge in [-0.15, -0.1) is 0 Å². The number of anilines is 1. The van der Waals surface area contributed by atoms with Crippen LogP contribution in [0.3, 0.4) is 0 Å². The molecule has 25 heavy (non-hydrogen) atoms. The van der Waals surface area contributed by atoms with Crippen molar-refractivity contribution in [2.75, 3.05) is 5.32 Å². The van der Waals surface area contributed by atoms with E-state index in [1.54, 1.807) is 6.20 Å². The summed E-state index contributed by atoms with van der Waals surface area (Å²) in [7, 11) is 0. The van der Waals surface area contributed by atoms with E-state index in [2.05, 4.69) is 20.5 Å². The van der Waals surface area contributed by atoms with Gasteiger partial charge in [0.15, 0.2) is 10.6 Å². The Morgan fingerprint density at radius 3 is 2.80 bits per heavy atom. The summed E-state index contributed by atoms with van der Waals surface area (Å²) in [5.41, 5.74) is 3.15. The van der Waals surface area contributed by atoms with Crippen LogP contribution in [0.4, 0.5) is 5.82 Å². The van der Waals surface area contributed by atoms with Crippen LogP contribution in [-0.2, 0) is 11.3 Å². The zero-order valence-corrected chi connectivity index (χ0v) is 14.9. The number of hydrogen-bond donors (Lipinski definition) is 2. The van der Waals surface area contributed by atoms with Gasteiger partial charge in [-0.1, -0.05) is 23.8 Å². The van der Waals surface area contributed by atoms with Crippen LogP contribution in [0.2, 0.25) is 0 Å². The molecule has 1 aromatic carbocycles. The second-order valence-corrected chi connectivity index (χ2v) is 6.28. The summed E-state index contributed by atoms with van der Waals surface area (Å²) in [5.74, 6) is 1.17. The van der Waals surface area contributed by atoms with E-state index in [1.165, 1.54) is 0 Å². The molecule has 3 aromatic rings. The predicted octanol–water partition coefficient (Wildman–Crippen LogP) is 3.65. The van der Waals surface area contributed by atoms with Gasteiger partial charge in [-0.25, -0.2) is 4.98 Å². The Bertz CT molecular complexity index is 960. The van der Waals surface area contributed by atoms with E-state index in [-0.39, 0.29) is 12.3 Å². The lowest BCUT2D eigenvalue weighted by Gasteiger charge is -2.08. The Kier molecular flexibility index (Phi) is 5.04. The van der Waals surface area contributed by atoms with E-state index in [4.69, 9.17) is 12.2 Å². The highest BCUT2D eigenvalue weighted by molar-refractivity contribution is 7.71. The van der Waals surface area contributed by atoms with Gasteiger partial charge in [0.2, 0.25) is 5.91 Å². The molecule has 2 aromatic heterocycles. The second kappa shape index (κ2) is 7.40. The van der Waals surface area contributed by atoms with Gasteiger partial charge in [-0.3, -0.25) is 14.5 Å². The van der Waals surface area contributed by atoms with Crippen molar-refractivity contribution in [2.24, 2.45) is 0 Å². The molecule has 0 aliphatic heterocycles. The third-order valence-electron chi connectivity index (χ3n) is 3.78. The van der Waals surface area contributed by atoms with Crippen LogP contribution < -0.4 is 5.32 Å². The molecule has 7 heteroatoms. The van der Waals surface area contributed by atoms with E-state index in [1.807, 2.05) is 54.8 Å². The average molecular weight is 353 g/mol. The average Bonchev–Trinajstić information content (AvgIpc) is 2.94. The van der Waals surface area contributed by atoms with Crippen molar-refractivity contribution >= 4 is 23.9 Å². The number of aromatic amines is 1. The number of carbonyl (C=O) groups is 1. The van der Waals surface area contributed by atoms with Gasteiger partial charge in [0.05, 0.1) is 0 Å². The number of carbonyl (C=O) groups excluding carboxylic acids is 1. The smallest absolute Gasteiger partial charge is 0.227 e. The molecule has 0 saturated carbocycles. The maximum atomic E-state index is 12.2. The summed E-state index contributed by atoms with van der Waals surface area (Å²) in [6, 6.07) is 11.7. The highest BCUT2D eigenvalue weighted by Gasteiger charge is 2.11. The predicted molar refractivity (Wildman–Crippen MR) is 99.8 cm³/mol. The summed E-state index contributed by atoms with van der Waals surface area (Å²) in [6.45, 7) is 4.42. The van der Waals surface area contributed by atoms with Crippen LogP contribution in [0.5, 0.6) is 0 Å². The van der Waals surface area contributed by atoms with Gasteiger partial charge in [-0.05, 0) is 49.8 Å². The zero-order chi connectivity index (χ0) is 17.8. The molecule has 1 amide bonds. The molecule has 0 spiro atoms. The van der Waals surface area contributed by atoms with E-state index < -0.39 is 0 Å². The minimum Gasteiger partial charge on any atom is -0.311 e. The van der Waals surface area contributed by atoms with Crippen LogP contribution in [0, 0.1) is 18.6 Å². The van der Waals surface area contributed by atoms with Crippen LogP contribution >= 0.6 is 12.2 Å². The number of pyridine rings is 1. The van der Waals surface area contributed by atoms with Crippen LogP contribution in [-0.4, -0.2) is 25.7 Å². The van der Waals surface area contributed by atoms with Crippen molar-refractivity contribution in [3.05, 3.63) is 58.5 Å². The first-order valence-electron chi connectivity index (χ1n) is 7.97. The summed E-state index contributed by atoms with van der Waals surface area (Å²) in [4.78, 5) is 16.3. The van der Waals surface area contributed by atoms with Gasteiger partial charge in [0.25, 0.3) is 0 Å². The van der Waals surface area contributed by atoms with E-state index in [0.29, 0.717) is 17.1 Å². The molecule has 128 valence electrons. The minimum absolute atomic E-state index is 0.114. The number of H-pyrrole nitrogens is 1. The molecule has 2 N–H and O–H groups in total. The van der Waals surface area contributed by atoms with Gasteiger partial charge in [-0.2, -0.15) is 5.10 Å². The lowest BCUT2D eigenvalue weighted by Crippen LogP contribution is -2.16. The molecule has 0 bridgehead atoms. The number of aromatic nitrogens is 4. The number of amides is 1. The standard InChI is InChI=1S/C18H19N5OS/c1-12-4-3-5-14(10-12)17-21-22-18(25)23(17)9-7-16(24)20-15-11-13(2)6-8-19-15/h3-6,8,10-11H,7,9H2,1-2H3,(H,22,25)(H,19,20,24). The summed E-state index contributed by atoms with van der Waals surface area (Å²) in [6.07, 6.45) is 1.95. The summed E-state index contributed by atoms with van der Waals surface area (Å²) >= 11 is 5.31. The lowest BCUT2D eigenvalue weighted by molar-refractivity contribution is -0.116. The van der Waals surface area contributed by atoms with Gasteiger partial charge in [0.1, 0.15) is 5.82 Å². The molecule has 3 rings (SSSR count). The largest absolute Gasteiger partial charge is 0.311 e. The number of hydrogen-bond acceptors (Lipinski definition) is 4. The van der Waals surface area contributed by atoms with E-state index in [0.717, 1.165) is 22.5 Å². The van der Waals surface area contributed by atoms with Crippen LogP contribution in [0.25, 0.3) is 11.4 Å². The number of nitrogens with one attached hydrogen (secondary N) is 2. The second-order valence-electron chi connectivity index (χ2n) is 5.89. The van der Waals surface area contributed by atoms with Crippen molar-refractivity contribution in [1.82, 2.24) is 19.7 Å². The molecule has 0 aliphatic rings. The molecule has 0 atom stereocenters. The highest BCUT2D eigenvalue weighted by atomic mass is 32.1. The lowest BCUT2D eigenvalue weighted by atomic mass is 10.1. The van der Waals surface area contributed by atoms with Gasteiger partial charge < -0.3 is 5.32 Å². The first kappa shape index (κ1) is 17.0. The minimum atomic E-state index is -0.114. The fraction of sp³-hybridized carbons (Fsp3) is 0.222. The highest BCUT2D eigenvalue weighted by Crippen LogP contribution is 2.19. The molecule has 6 nitrogen and oxygen atoms in total. The summed E-state index contributed by atoms with van der Waals surface area (Å²) < 4.78 is 2.34.